The zero-order valence-electron chi connectivity index (χ0n) is 24.6. The summed E-state index contributed by atoms with van der Waals surface area (Å²) in [6.07, 6.45) is 2.94. The van der Waals surface area contributed by atoms with E-state index in [1.807, 2.05) is 26.2 Å². The summed E-state index contributed by atoms with van der Waals surface area (Å²) >= 11 is 0. The molecule has 2 saturated heterocycles. The summed E-state index contributed by atoms with van der Waals surface area (Å²) in [6, 6.07) is 9.54. The van der Waals surface area contributed by atoms with E-state index in [-0.39, 0.29) is 17.2 Å². The van der Waals surface area contributed by atoms with Crippen LogP contribution >= 0.6 is 0 Å². The molecule has 228 valence electrons. The maximum atomic E-state index is 13.4. The van der Waals surface area contributed by atoms with Gasteiger partial charge in [0.15, 0.2) is 17.9 Å². The highest BCUT2D eigenvalue weighted by atomic mass is 19.1. The molecule has 3 aromatic rings. The largest absolute Gasteiger partial charge is 0.398 e. The van der Waals surface area contributed by atoms with Crippen LogP contribution in [0.15, 0.2) is 47.3 Å². The Labute approximate surface area is 245 Å². The van der Waals surface area contributed by atoms with Gasteiger partial charge in [-0.15, -0.1) is 0 Å². The van der Waals surface area contributed by atoms with E-state index in [1.54, 1.807) is 0 Å². The number of nitrogens with zero attached hydrogens (tertiary/aromatic N) is 3. The van der Waals surface area contributed by atoms with Gasteiger partial charge >= 0.3 is 0 Å². The molecule has 1 atom stereocenters. The number of carbonyl (C=O) groups is 1. The second-order valence-electron chi connectivity index (χ2n) is 10.8. The minimum absolute atomic E-state index is 0.0905. The Kier molecular flexibility index (Phi) is 11.5. The van der Waals surface area contributed by atoms with Crippen molar-refractivity contribution in [2.24, 2.45) is 11.1 Å². The molecule has 6 N–H and O–H groups in total. The molecule has 2 aliphatic rings. The first-order valence-electron chi connectivity index (χ1n) is 13.9. The Bertz CT molecular complexity index is 1380. The molecule has 0 amide bonds. The van der Waals surface area contributed by atoms with E-state index in [2.05, 4.69) is 34.5 Å². The number of anilines is 3. The third-order valence-corrected chi connectivity index (χ3v) is 7.20. The van der Waals surface area contributed by atoms with Crippen molar-refractivity contribution in [3.05, 3.63) is 75.7 Å². The van der Waals surface area contributed by atoms with Crippen molar-refractivity contribution in [1.82, 2.24) is 15.1 Å². The zero-order chi connectivity index (χ0) is 30.9. The fraction of sp³-hybridized carbons (Fsp3) is 0.433. The van der Waals surface area contributed by atoms with E-state index >= 15 is 0 Å². The highest BCUT2D eigenvalue weighted by Crippen LogP contribution is 2.39. The maximum absolute atomic E-state index is 13.4. The first-order valence-corrected chi connectivity index (χ1v) is 13.9. The highest BCUT2D eigenvalue weighted by molar-refractivity contribution is 5.80. The molecule has 2 aliphatic heterocycles. The number of nitrogens with two attached hydrogens (primary N) is 2. The van der Waals surface area contributed by atoms with Crippen LogP contribution in [-0.4, -0.2) is 62.5 Å². The lowest BCUT2D eigenvalue weighted by Crippen LogP contribution is -2.35. The van der Waals surface area contributed by atoms with Gasteiger partial charge in [0.05, 0.1) is 11.4 Å². The van der Waals surface area contributed by atoms with Crippen LogP contribution in [0.1, 0.15) is 42.7 Å². The summed E-state index contributed by atoms with van der Waals surface area (Å²) in [7, 11) is 3.88. The molecule has 1 aromatic heterocycles. The number of nitrogens with one attached hydrogen (secondary N) is 2. The highest BCUT2D eigenvalue weighted by Gasteiger charge is 2.38. The molecule has 5 rings (SSSR count). The Hall–Kier alpha value is -3.87. The number of halogens is 2. The van der Waals surface area contributed by atoms with E-state index in [9.17, 15) is 18.4 Å². The van der Waals surface area contributed by atoms with Gasteiger partial charge in [0.2, 0.25) is 0 Å². The van der Waals surface area contributed by atoms with Crippen molar-refractivity contribution in [1.29, 1.82) is 0 Å². The number of hydrogen-bond donors (Lipinski definition) is 4. The number of ether oxygens (including phenoxy) is 1. The molecule has 12 heteroatoms. The van der Waals surface area contributed by atoms with Crippen LogP contribution in [0.2, 0.25) is 0 Å². The molecule has 0 aliphatic carbocycles. The van der Waals surface area contributed by atoms with Gasteiger partial charge in [0.25, 0.3) is 5.56 Å². The standard InChI is InChI=1S/C15H27N5.C11H6F2N2O2.C4H8O/c1-15(2)9-20(8-13(15)17)14-10(7-18-3)11(16)5-6-12(14)19-4;12-8-2-1-3-9(13)11(8)15-10(17)5-4-7(6-16)14-15;1-2-4-5-3-1/h5-6,13,18-19H,7-9,16-17H2,1-4H3;1-6H;1-4H2. The quantitative estimate of drug-likeness (QED) is 0.253. The average Bonchev–Trinajstić information content (AvgIpc) is 3.63. The smallest absolute Gasteiger partial charge is 0.271 e. The number of benzene rings is 2. The van der Waals surface area contributed by atoms with E-state index < -0.39 is 22.9 Å². The van der Waals surface area contributed by atoms with Gasteiger partial charge in [-0.2, -0.15) is 9.78 Å². The molecular formula is C30H41F2N7O3. The number of aromatic nitrogens is 2. The Balaban J connectivity index is 0.000000199. The average molecular weight is 586 g/mol. The van der Waals surface area contributed by atoms with Crippen molar-refractivity contribution in [2.75, 3.05) is 56.3 Å². The number of para-hydroxylation sites is 1. The van der Waals surface area contributed by atoms with E-state index in [0.717, 1.165) is 68.0 Å². The molecule has 0 saturated carbocycles. The van der Waals surface area contributed by atoms with Gasteiger partial charge in [-0.25, -0.2) is 8.78 Å². The van der Waals surface area contributed by atoms with Crippen molar-refractivity contribution >= 4 is 23.3 Å². The van der Waals surface area contributed by atoms with Gasteiger partial charge < -0.3 is 31.7 Å². The Morgan fingerprint density at radius 2 is 1.74 bits per heavy atom. The molecule has 3 heterocycles. The van der Waals surface area contributed by atoms with Crippen molar-refractivity contribution in [3.8, 4) is 5.69 Å². The Morgan fingerprint density at radius 1 is 1.07 bits per heavy atom. The molecule has 0 radical (unpaired) electrons. The second-order valence-corrected chi connectivity index (χ2v) is 10.8. The zero-order valence-corrected chi connectivity index (χ0v) is 24.6. The van der Waals surface area contributed by atoms with Gasteiger partial charge in [0, 0.05) is 63.3 Å². The lowest BCUT2D eigenvalue weighted by molar-refractivity contribution is 0.111. The number of hydrogen-bond acceptors (Lipinski definition) is 9. The predicted octanol–water partition coefficient (Wildman–Crippen LogP) is 3.32. The monoisotopic (exact) mass is 585 g/mol. The molecular weight excluding hydrogens is 544 g/mol. The summed E-state index contributed by atoms with van der Waals surface area (Å²) in [5, 5.41) is 10.0. The number of aldehydes is 1. The first-order chi connectivity index (χ1) is 20.0. The maximum Gasteiger partial charge on any atom is 0.271 e. The third kappa shape index (κ3) is 7.90. The summed E-state index contributed by atoms with van der Waals surface area (Å²) in [6.45, 7) is 9.01. The molecule has 42 heavy (non-hydrogen) atoms. The van der Waals surface area contributed by atoms with Crippen LogP contribution < -0.4 is 32.6 Å². The van der Waals surface area contributed by atoms with E-state index in [0.29, 0.717) is 11.0 Å². The summed E-state index contributed by atoms with van der Waals surface area (Å²) in [4.78, 5) is 24.3. The molecule has 0 spiro atoms. The van der Waals surface area contributed by atoms with Crippen molar-refractivity contribution in [3.63, 3.8) is 0 Å². The van der Waals surface area contributed by atoms with Gasteiger partial charge in [-0.3, -0.25) is 9.59 Å². The van der Waals surface area contributed by atoms with E-state index in [1.165, 1.54) is 30.7 Å². The van der Waals surface area contributed by atoms with Crippen LogP contribution in [0, 0.1) is 17.0 Å². The summed E-state index contributed by atoms with van der Waals surface area (Å²) < 4.78 is 32.3. The minimum Gasteiger partial charge on any atom is -0.398 e. The number of nitrogen functional groups attached to an aromatic ring is 1. The topological polar surface area (TPSA) is 141 Å². The van der Waals surface area contributed by atoms with Gasteiger partial charge in [-0.1, -0.05) is 19.9 Å². The van der Waals surface area contributed by atoms with Crippen LogP contribution in [0.25, 0.3) is 5.69 Å². The summed E-state index contributed by atoms with van der Waals surface area (Å²) in [5.41, 5.74) is 15.4. The third-order valence-electron chi connectivity index (χ3n) is 7.20. The van der Waals surface area contributed by atoms with Crippen molar-refractivity contribution in [2.45, 2.75) is 39.3 Å². The molecule has 10 nitrogen and oxygen atoms in total. The fourth-order valence-electron chi connectivity index (χ4n) is 4.76. The molecule has 2 aromatic carbocycles. The van der Waals surface area contributed by atoms with Crippen molar-refractivity contribution < 1.29 is 18.3 Å². The second kappa shape index (κ2) is 14.9. The normalized spacial score (nSPS) is 17.1. The van der Waals surface area contributed by atoms with Gasteiger partial charge in [0.1, 0.15) is 11.4 Å². The van der Waals surface area contributed by atoms with Crippen LogP contribution in [0.3, 0.4) is 0 Å². The minimum atomic E-state index is -0.928. The first kappa shape index (κ1) is 32.6. The number of rotatable bonds is 6. The van der Waals surface area contributed by atoms with Crippen LogP contribution in [-0.2, 0) is 11.3 Å². The van der Waals surface area contributed by atoms with Crippen LogP contribution in [0.5, 0.6) is 0 Å². The SMILES string of the molecule is C1CCOC1.CNCc1c(N)ccc(NC)c1N1CC(N)C(C)(C)C1.O=Cc1ccc(=O)n(-c2c(F)cccc2F)n1. The Morgan fingerprint density at radius 3 is 2.24 bits per heavy atom. The molecule has 0 bridgehead atoms. The predicted molar refractivity (Wildman–Crippen MR) is 162 cm³/mol. The molecule has 1 unspecified atom stereocenters. The molecule has 2 fully saturated rings. The summed E-state index contributed by atoms with van der Waals surface area (Å²) in [5.74, 6) is -1.86. The lowest BCUT2D eigenvalue weighted by Gasteiger charge is -2.27. The van der Waals surface area contributed by atoms with E-state index in [4.69, 9.17) is 16.2 Å². The number of carbonyl (C=O) groups excluding carboxylic acids is 1. The van der Waals surface area contributed by atoms with Gasteiger partial charge in [-0.05, 0) is 55.6 Å². The fourth-order valence-corrected chi connectivity index (χ4v) is 4.76. The van der Waals surface area contributed by atoms with Crippen LogP contribution in [0.4, 0.5) is 25.8 Å². The lowest BCUT2D eigenvalue weighted by atomic mass is 9.89.